The molecule has 1 unspecified atom stereocenters. The molecule has 1 amide bonds. The van der Waals surface area contributed by atoms with Gasteiger partial charge in [0.25, 0.3) is 0 Å². The molecule has 0 radical (unpaired) electrons. The molecule has 0 bridgehead atoms. The number of carbonyl (C=O) groups excluding carboxylic acids is 1. The first-order valence-corrected chi connectivity index (χ1v) is 11.3. The number of hydrogen-bond acceptors (Lipinski definition) is 4. The maximum Gasteiger partial charge on any atom is 0.223 e. The zero-order valence-corrected chi connectivity index (χ0v) is 18.3. The summed E-state index contributed by atoms with van der Waals surface area (Å²) in [7, 11) is -1.69. The van der Waals surface area contributed by atoms with E-state index in [1.54, 1.807) is 11.9 Å². The van der Waals surface area contributed by atoms with Crippen molar-refractivity contribution in [1.82, 2.24) is 4.90 Å². The lowest BCUT2D eigenvalue weighted by Crippen LogP contribution is -2.30. The van der Waals surface area contributed by atoms with Gasteiger partial charge in [0.2, 0.25) is 5.91 Å². The van der Waals surface area contributed by atoms with Crippen molar-refractivity contribution >= 4 is 15.7 Å². The van der Waals surface area contributed by atoms with E-state index in [1.165, 1.54) is 0 Å². The van der Waals surface area contributed by atoms with Crippen LogP contribution in [0.3, 0.4) is 0 Å². The zero-order valence-electron chi connectivity index (χ0n) is 17.5. The first kappa shape index (κ1) is 22.7. The molecule has 0 heterocycles. The van der Waals surface area contributed by atoms with Crippen LogP contribution >= 0.6 is 0 Å². The van der Waals surface area contributed by atoms with Gasteiger partial charge in [-0.2, -0.15) is 0 Å². The third-order valence-corrected chi connectivity index (χ3v) is 6.04. The average molecular weight is 416 g/mol. The second kappa shape index (κ2) is 9.74. The largest absolute Gasteiger partial charge is 0.491 e. The van der Waals surface area contributed by atoms with E-state index in [-0.39, 0.29) is 30.2 Å². The molecule has 2 aromatic carbocycles. The fraction of sp³-hybridized carbons (Fsp3) is 0.348. The van der Waals surface area contributed by atoms with Gasteiger partial charge in [-0.3, -0.25) is 4.79 Å². The maximum absolute atomic E-state index is 12.4. The van der Waals surface area contributed by atoms with Crippen LogP contribution in [-0.4, -0.2) is 38.1 Å². The Kier molecular flexibility index (Phi) is 7.62. The van der Waals surface area contributed by atoms with Crippen LogP contribution in [0.1, 0.15) is 38.8 Å². The summed E-state index contributed by atoms with van der Waals surface area (Å²) in [6, 6.07) is 15.7. The van der Waals surface area contributed by atoms with Gasteiger partial charge in [-0.15, -0.1) is 0 Å². The second-order valence-electron chi connectivity index (χ2n) is 7.28. The summed E-state index contributed by atoms with van der Waals surface area (Å²) in [6.07, 6.45) is 0.0613. The Morgan fingerprint density at radius 1 is 1.10 bits per heavy atom. The van der Waals surface area contributed by atoms with Crippen molar-refractivity contribution in [3.05, 3.63) is 66.1 Å². The number of benzene rings is 2. The molecule has 0 aromatic heterocycles. The average Bonchev–Trinajstić information content (AvgIpc) is 2.71. The highest BCUT2D eigenvalue weighted by Gasteiger charge is 2.19. The summed E-state index contributed by atoms with van der Waals surface area (Å²) in [5.74, 6) is 0.383. The van der Waals surface area contributed by atoms with Gasteiger partial charge < -0.3 is 9.64 Å². The first-order valence-electron chi connectivity index (χ1n) is 9.61. The van der Waals surface area contributed by atoms with Crippen molar-refractivity contribution in [2.75, 3.05) is 12.8 Å². The Hall–Kier alpha value is -2.60. The lowest BCUT2D eigenvalue weighted by Gasteiger charge is -2.26. The molecule has 2 rings (SSSR count). The summed E-state index contributed by atoms with van der Waals surface area (Å²) in [4.78, 5) is 14.0. The molecule has 0 spiro atoms. The molecule has 156 valence electrons. The van der Waals surface area contributed by atoms with E-state index in [0.717, 1.165) is 27.8 Å². The Morgan fingerprint density at radius 3 is 2.34 bits per heavy atom. The lowest BCUT2D eigenvalue weighted by atomic mass is 9.99. The quantitative estimate of drug-likeness (QED) is 0.600. The summed E-state index contributed by atoms with van der Waals surface area (Å²) < 4.78 is 28.8. The monoisotopic (exact) mass is 415 g/mol. The Balaban J connectivity index is 2.13. The summed E-state index contributed by atoms with van der Waals surface area (Å²) >= 11 is 0. The molecule has 29 heavy (non-hydrogen) atoms. The van der Waals surface area contributed by atoms with Gasteiger partial charge in [-0.05, 0) is 55.7 Å². The van der Waals surface area contributed by atoms with E-state index in [2.05, 4.69) is 6.58 Å². The summed E-state index contributed by atoms with van der Waals surface area (Å²) in [6.45, 7) is 9.18. The molecule has 0 aliphatic heterocycles. The molecule has 6 heteroatoms. The maximum atomic E-state index is 12.4. The van der Waals surface area contributed by atoms with Crippen molar-refractivity contribution in [3.8, 4) is 16.9 Å². The fourth-order valence-electron chi connectivity index (χ4n) is 2.91. The third kappa shape index (κ3) is 6.46. The topological polar surface area (TPSA) is 63.7 Å². The van der Waals surface area contributed by atoms with Crippen LogP contribution in [0.4, 0.5) is 0 Å². The number of carbonyl (C=O) groups is 1. The summed E-state index contributed by atoms with van der Waals surface area (Å²) in [5, 5.41) is 0.894. The van der Waals surface area contributed by atoms with Gasteiger partial charge in [0.15, 0.2) is 9.84 Å². The minimum atomic E-state index is -3.39. The van der Waals surface area contributed by atoms with Crippen LogP contribution in [0.2, 0.25) is 0 Å². The Morgan fingerprint density at radius 2 is 1.76 bits per heavy atom. The number of sulfone groups is 1. The molecule has 2 aromatic rings. The number of rotatable bonds is 9. The molecule has 5 nitrogen and oxygen atoms in total. The third-order valence-electron chi connectivity index (χ3n) is 4.76. The molecule has 0 saturated heterocycles. The van der Waals surface area contributed by atoms with Crippen molar-refractivity contribution in [3.63, 3.8) is 0 Å². The molecule has 0 aliphatic rings. The lowest BCUT2D eigenvalue weighted by molar-refractivity contribution is -0.131. The van der Waals surface area contributed by atoms with Crippen molar-refractivity contribution in [2.45, 2.75) is 39.3 Å². The highest BCUT2D eigenvalue weighted by atomic mass is 32.2. The predicted molar refractivity (Wildman–Crippen MR) is 117 cm³/mol. The number of hydrogen-bond donors (Lipinski definition) is 0. The predicted octanol–water partition coefficient (Wildman–Crippen LogP) is 4.61. The molecule has 1 atom stereocenters. The van der Waals surface area contributed by atoms with Crippen molar-refractivity contribution in [2.24, 2.45) is 0 Å². The molecule has 0 fully saturated rings. The normalized spacial score (nSPS) is 12.4. The van der Waals surface area contributed by atoms with Crippen molar-refractivity contribution < 1.29 is 17.9 Å². The SMILES string of the molecule is C=CS(=O)(=O)CCC(=O)N(C)C(C)c1cccc(-c2ccc(OC(C)C)cc2)c1. The van der Waals surface area contributed by atoms with E-state index in [0.29, 0.717) is 0 Å². The van der Waals surface area contributed by atoms with Crippen LogP contribution in [0.15, 0.2) is 60.5 Å². The molecule has 0 N–H and O–H groups in total. The minimum absolute atomic E-state index is 0.0633. The van der Waals surface area contributed by atoms with E-state index in [9.17, 15) is 13.2 Å². The number of nitrogens with zero attached hydrogens (tertiary/aromatic N) is 1. The number of ether oxygens (including phenoxy) is 1. The van der Waals surface area contributed by atoms with E-state index < -0.39 is 9.84 Å². The van der Waals surface area contributed by atoms with Crippen LogP contribution in [0.25, 0.3) is 11.1 Å². The Labute approximate surface area is 173 Å². The van der Waals surface area contributed by atoms with E-state index in [4.69, 9.17) is 4.74 Å². The molecule has 0 saturated carbocycles. The first-order chi connectivity index (χ1) is 13.6. The van der Waals surface area contributed by atoms with Gasteiger partial charge in [-0.25, -0.2) is 8.42 Å². The van der Waals surface area contributed by atoms with Crippen LogP contribution in [0.5, 0.6) is 5.75 Å². The van der Waals surface area contributed by atoms with Crippen LogP contribution in [-0.2, 0) is 14.6 Å². The molecule has 0 aliphatic carbocycles. The standard InChI is InChI=1S/C23H29NO4S/c1-6-29(26,27)15-14-23(25)24(5)18(4)20-8-7-9-21(16-20)19-10-12-22(13-11-19)28-17(2)3/h6-13,16-18H,1,14-15H2,2-5H3. The number of amides is 1. The highest BCUT2D eigenvalue weighted by molar-refractivity contribution is 7.94. The van der Waals surface area contributed by atoms with Gasteiger partial charge in [0, 0.05) is 18.9 Å². The van der Waals surface area contributed by atoms with Gasteiger partial charge >= 0.3 is 0 Å². The fourth-order valence-corrected chi connectivity index (χ4v) is 3.53. The second-order valence-corrected chi connectivity index (χ2v) is 9.35. The van der Waals surface area contributed by atoms with Gasteiger partial charge in [0.05, 0.1) is 17.9 Å². The van der Waals surface area contributed by atoms with E-state index >= 15 is 0 Å². The van der Waals surface area contributed by atoms with Crippen molar-refractivity contribution in [1.29, 1.82) is 0 Å². The van der Waals surface area contributed by atoms with Gasteiger partial charge in [-0.1, -0.05) is 36.9 Å². The smallest absolute Gasteiger partial charge is 0.223 e. The van der Waals surface area contributed by atoms with Crippen LogP contribution in [0, 0.1) is 0 Å². The van der Waals surface area contributed by atoms with Gasteiger partial charge in [0.1, 0.15) is 5.75 Å². The highest BCUT2D eigenvalue weighted by Crippen LogP contribution is 2.27. The zero-order chi connectivity index (χ0) is 21.6. The van der Waals surface area contributed by atoms with E-state index in [1.807, 2.05) is 69.3 Å². The molecular weight excluding hydrogens is 386 g/mol. The summed E-state index contributed by atoms with van der Waals surface area (Å²) in [5.41, 5.74) is 3.08. The molecular formula is C23H29NO4S. The van der Waals surface area contributed by atoms with Crippen LogP contribution < -0.4 is 4.74 Å². The Bertz CT molecular complexity index is 949. The minimum Gasteiger partial charge on any atom is -0.491 e.